The third-order valence-electron chi connectivity index (χ3n) is 7.88. The number of phenols is 1. The highest BCUT2D eigenvalue weighted by molar-refractivity contribution is 5.90. The molecule has 0 amide bonds. The number of carbonyl (C=O) groups is 1. The van der Waals surface area contributed by atoms with E-state index in [0.29, 0.717) is 12.2 Å². The van der Waals surface area contributed by atoms with Crippen molar-refractivity contribution in [1.29, 1.82) is 0 Å². The molecule has 2 aliphatic heterocycles. The monoisotopic (exact) mass is 355 g/mol. The molecule has 5 nitrogen and oxygen atoms in total. The van der Waals surface area contributed by atoms with Crippen LogP contribution in [0.5, 0.6) is 11.5 Å². The average Bonchev–Trinajstić information content (AvgIpc) is 3.38. The molecule has 1 spiro atoms. The number of Topliss-reactive ketones (excluding diaryl/α,β-unsaturated/α-hetero) is 1. The minimum Gasteiger partial charge on any atom is -0.504 e. The molecule has 0 aromatic heterocycles. The largest absolute Gasteiger partial charge is 0.504 e. The number of carbonyl (C=O) groups excluding carboxylic acids is 1. The van der Waals surface area contributed by atoms with E-state index in [-0.39, 0.29) is 17.6 Å². The van der Waals surface area contributed by atoms with Crippen molar-refractivity contribution in [3.05, 3.63) is 23.3 Å². The molecule has 3 fully saturated rings. The highest BCUT2D eigenvalue weighted by atomic mass is 16.5. The number of hydrogen-bond donors (Lipinski definition) is 1. The third kappa shape index (κ3) is 1.59. The maximum atomic E-state index is 12.9. The number of hydrogen-bond acceptors (Lipinski definition) is 5. The molecule has 0 radical (unpaired) electrons. The molecule has 138 valence electrons. The van der Waals surface area contributed by atoms with Crippen molar-refractivity contribution in [2.24, 2.45) is 5.92 Å². The van der Waals surface area contributed by atoms with Crippen molar-refractivity contribution >= 4 is 5.78 Å². The molecule has 1 unspecified atom stereocenters. The molecule has 4 atom stereocenters. The Balaban J connectivity index is 1.60. The average molecular weight is 355 g/mol. The van der Waals surface area contributed by atoms with E-state index >= 15 is 0 Å². The minimum atomic E-state index is -0.510. The highest BCUT2D eigenvalue weighted by Gasteiger charge is 2.74. The topological polar surface area (TPSA) is 59.0 Å². The summed E-state index contributed by atoms with van der Waals surface area (Å²) in [4.78, 5) is 15.5. The van der Waals surface area contributed by atoms with E-state index < -0.39 is 17.1 Å². The van der Waals surface area contributed by atoms with Crippen LogP contribution < -0.4 is 4.74 Å². The third-order valence-corrected chi connectivity index (χ3v) is 7.88. The maximum Gasteiger partial charge on any atom is 0.174 e. The Morgan fingerprint density at radius 3 is 2.96 bits per heavy atom. The molecule has 5 aliphatic rings. The van der Waals surface area contributed by atoms with Gasteiger partial charge in [-0.15, -0.1) is 0 Å². The number of phenolic OH excluding ortho intramolecular Hbond substituents is 1. The fourth-order valence-corrected chi connectivity index (χ4v) is 6.65. The molecule has 1 saturated heterocycles. The number of ether oxygens (including phenoxy) is 2. The smallest absolute Gasteiger partial charge is 0.174 e. The Kier molecular flexibility index (Phi) is 2.86. The SMILES string of the molecule is CO[C@@]12CCC(=O)C3Oc4c(O)ccc5c4[C@@]31CCN(CC1CC1)[C@@H]2C5. The van der Waals surface area contributed by atoms with E-state index in [0.717, 1.165) is 43.8 Å². The summed E-state index contributed by atoms with van der Waals surface area (Å²) in [5.41, 5.74) is 1.46. The van der Waals surface area contributed by atoms with Gasteiger partial charge in [-0.3, -0.25) is 9.69 Å². The molecular weight excluding hydrogens is 330 g/mol. The van der Waals surface area contributed by atoms with E-state index in [9.17, 15) is 9.90 Å². The van der Waals surface area contributed by atoms with E-state index in [1.54, 1.807) is 6.07 Å². The number of piperidine rings is 1. The summed E-state index contributed by atoms with van der Waals surface area (Å²) in [6.07, 6.45) is 5.20. The molecule has 2 heterocycles. The van der Waals surface area contributed by atoms with Gasteiger partial charge >= 0.3 is 0 Å². The van der Waals surface area contributed by atoms with Gasteiger partial charge in [0.1, 0.15) is 0 Å². The van der Waals surface area contributed by atoms with Crippen LogP contribution in [0.15, 0.2) is 12.1 Å². The van der Waals surface area contributed by atoms with Crippen LogP contribution in [0.1, 0.15) is 43.2 Å². The first-order valence-corrected chi connectivity index (χ1v) is 9.94. The first-order valence-electron chi connectivity index (χ1n) is 9.94. The van der Waals surface area contributed by atoms with Gasteiger partial charge in [0.05, 0.1) is 11.0 Å². The van der Waals surface area contributed by atoms with E-state index in [2.05, 4.69) is 4.90 Å². The number of likely N-dealkylation sites (tertiary alicyclic amines) is 1. The second-order valence-corrected chi connectivity index (χ2v) is 8.89. The predicted molar refractivity (Wildman–Crippen MR) is 94.6 cm³/mol. The summed E-state index contributed by atoms with van der Waals surface area (Å²) in [5, 5.41) is 10.4. The van der Waals surface area contributed by atoms with Gasteiger partial charge in [-0.05, 0) is 56.2 Å². The second kappa shape index (κ2) is 4.82. The van der Waals surface area contributed by atoms with Gasteiger partial charge < -0.3 is 14.6 Å². The van der Waals surface area contributed by atoms with Crippen LogP contribution in [0.4, 0.5) is 0 Å². The molecule has 1 aromatic rings. The zero-order valence-corrected chi connectivity index (χ0v) is 15.2. The molecule has 3 aliphatic carbocycles. The number of benzene rings is 1. The number of aromatic hydroxyl groups is 1. The minimum absolute atomic E-state index is 0.157. The summed E-state index contributed by atoms with van der Waals surface area (Å²) < 4.78 is 12.5. The quantitative estimate of drug-likeness (QED) is 0.901. The zero-order valence-electron chi connectivity index (χ0n) is 15.2. The molecule has 6 rings (SSSR count). The summed E-state index contributed by atoms with van der Waals surface area (Å²) >= 11 is 0. The fourth-order valence-electron chi connectivity index (χ4n) is 6.65. The summed E-state index contributed by atoms with van der Waals surface area (Å²) in [5.74, 6) is 1.69. The van der Waals surface area contributed by atoms with Crippen molar-refractivity contribution in [2.75, 3.05) is 20.2 Å². The summed E-state index contributed by atoms with van der Waals surface area (Å²) in [7, 11) is 1.81. The van der Waals surface area contributed by atoms with Gasteiger partial charge in [0.2, 0.25) is 0 Å². The Morgan fingerprint density at radius 1 is 1.35 bits per heavy atom. The second-order valence-electron chi connectivity index (χ2n) is 8.89. The van der Waals surface area contributed by atoms with Crippen LogP contribution in [0, 0.1) is 5.92 Å². The number of rotatable bonds is 3. The van der Waals surface area contributed by atoms with Crippen molar-refractivity contribution < 1.29 is 19.4 Å². The first kappa shape index (κ1) is 15.5. The Hall–Kier alpha value is -1.59. The summed E-state index contributed by atoms with van der Waals surface area (Å²) in [6.45, 7) is 2.12. The van der Waals surface area contributed by atoms with Gasteiger partial charge in [-0.2, -0.15) is 0 Å². The van der Waals surface area contributed by atoms with Crippen LogP contribution in [-0.4, -0.2) is 53.7 Å². The van der Waals surface area contributed by atoms with Gasteiger partial charge in [-0.1, -0.05) is 6.07 Å². The molecule has 2 bridgehead atoms. The lowest BCUT2D eigenvalue weighted by molar-refractivity contribution is -0.202. The highest BCUT2D eigenvalue weighted by Crippen LogP contribution is 2.65. The Labute approximate surface area is 153 Å². The zero-order chi connectivity index (χ0) is 17.7. The molecule has 2 saturated carbocycles. The molecule has 1 aromatic carbocycles. The van der Waals surface area contributed by atoms with Crippen LogP contribution in [0.2, 0.25) is 0 Å². The number of ketones is 1. The van der Waals surface area contributed by atoms with Gasteiger partial charge in [0, 0.05) is 31.7 Å². The molecule has 5 heteroatoms. The lowest BCUT2D eigenvalue weighted by Crippen LogP contribution is -2.77. The van der Waals surface area contributed by atoms with Gasteiger partial charge in [0.15, 0.2) is 23.4 Å². The predicted octanol–water partition coefficient (Wildman–Crippen LogP) is 2.18. The van der Waals surface area contributed by atoms with Crippen molar-refractivity contribution in [3.63, 3.8) is 0 Å². The number of methoxy groups -OCH3 is 1. The normalized spacial score (nSPS) is 40.3. The lowest BCUT2D eigenvalue weighted by atomic mass is 9.49. The Morgan fingerprint density at radius 2 is 2.19 bits per heavy atom. The van der Waals surface area contributed by atoms with E-state index in [4.69, 9.17) is 9.47 Å². The van der Waals surface area contributed by atoms with E-state index in [1.807, 2.05) is 13.2 Å². The molecular formula is C21H25NO4. The van der Waals surface area contributed by atoms with Crippen LogP contribution in [0.25, 0.3) is 0 Å². The van der Waals surface area contributed by atoms with Crippen LogP contribution in [-0.2, 0) is 21.4 Å². The standard InChI is InChI=1S/C21H25NO4/c1-25-21-7-6-15(24)19-20(21)8-9-22(11-12-2-3-12)16(21)10-13-4-5-14(23)18(26-19)17(13)20/h4-5,12,16,19,23H,2-3,6-11H2,1H3/t16-,19?,20+,21-/m1/s1. The first-order chi connectivity index (χ1) is 12.6. The Bertz CT molecular complexity index is 818. The van der Waals surface area contributed by atoms with Crippen LogP contribution in [0.3, 0.4) is 0 Å². The fraction of sp³-hybridized carbons (Fsp3) is 0.667. The number of nitrogens with zero attached hydrogens (tertiary/aromatic N) is 1. The molecule has 1 N–H and O–H groups in total. The maximum absolute atomic E-state index is 12.9. The van der Waals surface area contributed by atoms with E-state index in [1.165, 1.54) is 18.4 Å². The van der Waals surface area contributed by atoms with Crippen molar-refractivity contribution in [2.45, 2.75) is 61.7 Å². The van der Waals surface area contributed by atoms with Gasteiger partial charge in [0.25, 0.3) is 0 Å². The van der Waals surface area contributed by atoms with Crippen LogP contribution >= 0.6 is 0 Å². The molecule has 26 heavy (non-hydrogen) atoms. The lowest BCUT2D eigenvalue weighted by Gasteiger charge is -2.64. The van der Waals surface area contributed by atoms with Crippen molar-refractivity contribution in [1.82, 2.24) is 4.90 Å². The summed E-state index contributed by atoms with van der Waals surface area (Å²) in [6, 6.07) is 4.05. The van der Waals surface area contributed by atoms with Crippen molar-refractivity contribution in [3.8, 4) is 11.5 Å². The van der Waals surface area contributed by atoms with Gasteiger partial charge in [-0.25, -0.2) is 0 Å².